The second kappa shape index (κ2) is 16.7. The number of ether oxygens (including phenoxy) is 2. The minimum atomic E-state index is -1.15. The van der Waals surface area contributed by atoms with Crippen molar-refractivity contribution in [2.75, 3.05) is 44.7 Å². The van der Waals surface area contributed by atoms with E-state index in [1.54, 1.807) is 17.9 Å². The normalized spacial score (nSPS) is 15.9. The van der Waals surface area contributed by atoms with Crippen molar-refractivity contribution in [1.82, 2.24) is 20.2 Å². The number of fused-ring (bicyclic) bond motifs is 1. The average molecular weight is 679 g/mol. The monoisotopic (exact) mass is 678 g/mol. The van der Waals surface area contributed by atoms with Crippen LogP contribution in [0.25, 0.3) is 10.8 Å². The zero-order chi connectivity index (χ0) is 34.8. The summed E-state index contributed by atoms with van der Waals surface area (Å²) >= 11 is 6.66. The molecule has 14 heteroatoms. The number of benzene rings is 2. The molecule has 254 valence electrons. The van der Waals surface area contributed by atoms with E-state index in [0.717, 1.165) is 30.2 Å². The number of amides is 1. The maximum absolute atomic E-state index is 13.4. The summed E-state index contributed by atoms with van der Waals surface area (Å²) in [6.45, 7) is 5.98. The first-order valence-electron chi connectivity index (χ1n) is 15.4. The largest absolute Gasteiger partial charge is 0.501 e. The number of nitrogens with one attached hydrogen (secondary N) is 1. The van der Waals surface area contributed by atoms with Crippen LogP contribution in [0.4, 0.5) is 10.2 Å². The van der Waals surface area contributed by atoms with Gasteiger partial charge in [0.05, 0.1) is 12.5 Å². The molecule has 2 aromatic carbocycles. The predicted octanol–water partition coefficient (Wildman–Crippen LogP) is 4.61. The Hall–Kier alpha value is -5.06. The van der Waals surface area contributed by atoms with Gasteiger partial charge in [0.15, 0.2) is 11.6 Å². The van der Waals surface area contributed by atoms with Gasteiger partial charge in [-0.2, -0.15) is 15.2 Å². The number of nitriles is 1. The van der Waals surface area contributed by atoms with Crippen LogP contribution in [0.3, 0.4) is 0 Å². The first-order chi connectivity index (χ1) is 23.1. The Bertz CT molecular complexity index is 1740. The second-order valence-electron chi connectivity index (χ2n) is 11.4. The molecule has 1 amide bonds. The van der Waals surface area contributed by atoms with E-state index < -0.39 is 23.6 Å². The maximum Gasteiger partial charge on any atom is 0.322 e. The molecular weight excluding hydrogens is 639 g/mol. The zero-order valence-electron chi connectivity index (χ0n) is 27.0. The number of hydrogen-bond donors (Lipinski definition) is 4. The van der Waals surface area contributed by atoms with Crippen molar-refractivity contribution in [2.24, 2.45) is 11.5 Å². The SMILES string of the molecule is C=C(F)C(=O)NCCN(C/C(=C\N)CC#N)c1nc(OC[C@@H]2CCCN2C)nc(OC(/C(C)=C\N)c2cccc3cccc(Cl)c23)c1O. The van der Waals surface area contributed by atoms with Gasteiger partial charge in [0.2, 0.25) is 5.75 Å². The van der Waals surface area contributed by atoms with Crippen molar-refractivity contribution in [2.45, 2.75) is 38.3 Å². The Balaban J connectivity index is 1.82. The Morgan fingerprint density at radius 1 is 1.31 bits per heavy atom. The number of hydrogen-bond acceptors (Lipinski definition) is 11. The van der Waals surface area contributed by atoms with Crippen molar-refractivity contribution in [3.05, 3.63) is 82.9 Å². The standard InChI is InChI=1S/C34H40ClFN8O4/c1-21(17-38)30(26-10-4-7-24-8-5-11-27(35)28(24)26)48-33-29(45)31(41-34(42-33)47-20-25-9-6-15-43(25)3)44(19-23(18-39)12-13-37)16-14-40-32(46)22(2)36/h4-5,7-8,10-11,17-18,25,30,45H,2,6,9,12,14-16,19-20,38-39H2,1,3H3,(H,40,46)/b21-17-,23-18-/t25-,30?/m0/s1. The predicted molar refractivity (Wildman–Crippen MR) is 183 cm³/mol. The number of likely N-dealkylation sites (tertiary alicyclic amines) is 1. The van der Waals surface area contributed by atoms with Crippen LogP contribution < -0.4 is 31.2 Å². The lowest BCUT2D eigenvalue weighted by Gasteiger charge is -2.28. The number of carbonyl (C=O) groups is 1. The number of carbonyl (C=O) groups excluding carboxylic acids is 1. The molecule has 48 heavy (non-hydrogen) atoms. The molecule has 1 aliphatic heterocycles. The van der Waals surface area contributed by atoms with Crippen LogP contribution in [-0.2, 0) is 4.79 Å². The van der Waals surface area contributed by atoms with E-state index in [0.29, 0.717) is 21.7 Å². The number of aromatic hydroxyl groups is 1. The Labute approximate surface area is 284 Å². The molecule has 0 radical (unpaired) electrons. The lowest BCUT2D eigenvalue weighted by molar-refractivity contribution is -0.118. The highest BCUT2D eigenvalue weighted by atomic mass is 35.5. The molecule has 0 bridgehead atoms. The fourth-order valence-electron chi connectivity index (χ4n) is 5.45. The Morgan fingerprint density at radius 2 is 2.06 bits per heavy atom. The van der Waals surface area contributed by atoms with Crippen LogP contribution in [0.5, 0.6) is 17.6 Å². The van der Waals surface area contributed by atoms with Gasteiger partial charge in [0.1, 0.15) is 12.7 Å². The van der Waals surface area contributed by atoms with Crippen molar-refractivity contribution in [3.63, 3.8) is 0 Å². The summed E-state index contributed by atoms with van der Waals surface area (Å²) in [6, 6.07) is 13.3. The molecule has 2 heterocycles. The third kappa shape index (κ3) is 8.64. The first-order valence-corrected chi connectivity index (χ1v) is 15.8. The third-order valence-electron chi connectivity index (χ3n) is 8.11. The Morgan fingerprint density at radius 3 is 2.71 bits per heavy atom. The van der Waals surface area contributed by atoms with Crippen LogP contribution in [0, 0.1) is 11.3 Å². The minimum absolute atomic E-state index is 0.0146. The van der Waals surface area contributed by atoms with E-state index in [-0.39, 0.29) is 56.4 Å². The minimum Gasteiger partial charge on any atom is -0.501 e. The first kappa shape index (κ1) is 35.8. The number of likely N-dealkylation sites (N-methyl/N-ethyl adjacent to an activating group) is 1. The van der Waals surface area contributed by atoms with Gasteiger partial charge >= 0.3 is 6.01 Å². The summed E-state index contributed by atoms with van der Waals surface area (Å²) in [5.41, 5.74) is 13.6. The van der Waals surface area contributed by atoms with Crippen molar-refractivity contribution in [1.29, 1.82) is 5.26 Å². The summed E-state index contributed by atoms with van der Waals surface area (Å²) in [7, 11) is 2.01. The van der Waals surface area contributed by atoms with Crippen molar-refractivity contribution in [3.8, 4) is 23.7 Å². The van der Waals surface area contributed by atoms with Gasteiger partial charge in [-0.3, -0.25) is 4.79 Å². The van der Waals surface area contributed by atoms with Crippen LogP contribution in [0.1, 0.15) is 37.9 Å². The molecule has 1 unspecified atom stereocenters. The summed E-state index contributed by atoms with van der Waals surface area (Å²) in [5.74, 6) is -2.82. The Kier molecular flexibility index (Phi) is 12.4. The quantitative estimate of drug-likeness (QED) is 0.165. The van der Waals surface area contributed by atoms with E-state index >= 15 is 0 Å². The third-order valence-corrected chi connectivity index (χ3v) is 8.43. The molecular formula is C34H40ClFN8O4. The molecule has 0 saturated carbocycles. The number of nitrogens with zero attached hydrogens (tertiary/aromatic N) is 5. The summed E-state index contributed by atoms with van der Waals surface area (Å²) in [6.07, 6.45) is 3.79. The molecule has 6 N–H and O–H groups in total. The molecule has 1 fully saturated rings. The molecule has 1 saturated heterocycles. The van der Waals surface area contributed by atoms with E-state index in [4.69, 9.17) is 32.5 Å². The van der Waals surface area contributed by atoms with Gasteiger partial charge in [-0.25, -0.2) is 4.39 Å². The number of nitrogens with two attached hydrogens (primary N) is 2. The van der Waals surface area contributed by atoms with Gasteiger partial charge in [-0.1, -0.05) is 48.5 Å². The maximum atomic E-state index is 13.4. The second-order valence-corrected chi connectivity index (χ2v) is 11.8. The van der Waals surface area contributed by atoms with Crippen molar-refractivity contribution < 1.29 is 23.8 Å². The lowest BCUT2D eigenvalue weighted by atomic mass is 9.96. The van der Waals surface area contributed by atoms with E-state index in [1.807, 2.05) is 37.4 Å². The lowest BCUT2D eigenvalue weighted by Crippen LogP contribution is -2.37. The molecule has 3 aromatic rings. The molecule has 12 nitrogen and oxygen atoms in total. The fourth-order valence-corrected chi connectivity index (χ4v) is 5.74. The van der Waals surface area contributed by atoms with Gasteiger partial charge < -0.3 is 41.2 Å². The summed E-state index contributed by atoms with van der Waals surface area (Å²) in [5, 5.41) is 25.6. The van der Waals surface area contributed by atoms with E-state index in [1.165, 1.54) is 12.4 Å². The molecule has 1 aromatic heterocycles. The highest BCUT2D eigenvalue weighted by Gasteiger charge is 2.28. The van der Waals surface area contributed by atoms with Gasteiger partial charge in [-0.05, 0) is 68.4 Å². The van der Waals surface area contributed by atoms with Gasteiger partial charge in [-0.15, -0.1) is 0 Å². The number of halogens is 2. The zero-order valence-corrected chi connectivity index (χ0v) is 27.7. The highest BCUT2D eigenvalue weighted by Crippen LogP contribution is 2.41. The van der Waals surface area contributed by atoms with Gasteiger partial charge in [0, 0.05) is 41.6 Å². The molecule has 0 spiro atoms. The highest BCUT2D eigenvalue weighted by molar-refractivity contribution is 6.35. The molecule has 0 aliphatic carbocycles. The van der Waals surface area contributed by atoms with E-state index in [2.05, 4.69) is 32.8 Å². The van der Waals surface area contributed by atoms with Crippen LogP contribution >= 0.6 is 11.6 Å². The smallest absolute Gasteiger partial charge is 0.322 e. The van der Waals surface area contributed by atoms with Crippen LogP contribution in [0.15, 0.2) is 72.4 Å². The van der Waals surface area contributed by atoms with Crippen molar-refractivity contribution >= 4 is 34.1 Å². The average Bonchev–Trinajstić information content (AvgIpc) is 3.49. The molecule has 1 aliphatic rings. The number of aromatic nitrogens is 2. The van der Waals surface area contributed by atoms with Gasteiger partial charge in [0.25, 0.3) is 11.8 Å². The van der Waals surface area contributed by atoms with E-state index in [9.17, 15) is 19.6 Å². The van der Waals surface area contributed by atoms with Crippen LogP contribution in [0.2, 0.25) is 5.02 Å². The summed E-state index contributed by atoms with van der Waals surface area (Å²) in [4.78, 5) is 24.7. The number of rotatable bonds is 15. The topological polar surface area (TPSA) is 176 Å². The fraction of sp³-hybridized carbons (Fsp3) is 0.353. The number of anilines is 1. The molecule has 2 atom stereocenters. The van der Waals surface area contributed by atoms with Crippen LogP contribution in [-0.4, -0.2) is 71.8 Å². The molecule has 4 rings (SSSR count). The summed E-state index contributed by atoms with van der Waals surface area (Å²) < 4.78 is 26.0.